The second-order valence-corrected chi connectivity index (χ2v) is 3.58. The van der Waals surface area contributed by atoms with E-state index < -0.39 is 0 Å². The van der Waals surface area contributed by atoms with Crippen molar-refractivity contribution >= 4 is 5.91 Å². The number of amides is 1. The number of hydrogen-bond donors (Lipinski definition) is 2. The minimum atomic E-state index is -0.389. The summed E-state index contributed by atoms with van der Waals surface area (Å²) in [5.41, 5.74) is 1.96. The van der Waals surface area contributed by atoms with Crippen LogP contribution in [0.25, 0.3) is 0 Å². The first-order valence-corrected chi connectivity index (χ1v) is 5.14. The molecule has 0 aliphatic carbocycles. The van der Waals surface area contributed by atoms with Crippen LogP contribution < -0.4 is 5.32 Å². The average molecular weight is 207 g/mol. The van der Waals surface area contributed by atoms with Crippen LogP contribution in [0.4, 0.5) is 0 Å². The Balaban J connectivity index is 2.60. The van der Waals surface area contributed by atoms with E-state index in [0.717, 1.165) is 11.1 Å². The van der Waals surface area contributed by atoms with E-state index in [0.29, 0.717) is 13.0 Å². The Morgan fingerprint density at radius 2 is 2.00 bits per heavy atom. The molecule has 2 N–H and O–H groups in total. The third kappa shape index (κ3) is 3.72. The van der Waals surface area contributed by atoms with Crippen LogP contribution in [-0.2, 0) is 11.3 Å². The van der Waals surface area contributed by atoms with Crippen LogP contribution in [0.3, 0.4) is 0 Å². The molecule has 0 bridgehead atoms. The van der Waals surface area contributed by atoms with E-state index in [4.69, 9.17) is 0 Å². The zero-order valence-corrected chi connectivity index (χ0v) is 9.16. The fraction of sp³-hybridized carbons (Fsp3) is 0.417. The normalized spacial score (nSPS) is 12.2. The topological polar surface area (TPSA) is 49.3 Å². The number of carbonyl (C=O) groups is 1. The highest BCUT2D eigenvalue weighted by atomic mass is 16.3. The van der Waals surface area contributed by atoms with Gasteiger partial charge in [-0.2, -0.15) is 0 Å². The highest BCUT2D eigenvalue weighted by molar-refractivity contribution is 5.72. The minimum absolute atomic E-state index is 0.0346. The Hall–Kier alpha value is -1.35. The van der Waals surface area contributed by atoms with Crippen LogP contribution >= 0.6 is 0 Å². The summed E-state index contributed by atoms with van der Waals surface area (Å²) >= 11 is 0. The molecule has 0 aliphatic rings. The maximum absolute atomic E-state index is 10.7. The molecule has 3 heteroatoms. The van der Waals surface area contributed by atoms with Gasteiger partial charge in [-0.1, -0.05) is 31.2 Å². The standard InChI is InChI=1S/C12H17NO2/c1-3-12(15)11-6-4-10(5-7-11)8-13-9(2)14/h4-7,12,15H,3,8H2,1-2H3,(H,13,14). The lowest BCUT2D eigenvalue weighted by Gasteiger charge is -2.09. The van der Waals surface area contributed by atoms with Crippen molar-refractivity contribution in [3.63, 3.8) is 0 Å². The van der Waals surface area contributed by atoms with Gasteiger partial charge in [0, 0.05) is 13.5 Å². The van der Waals surface area contributed by atoms with E-state index in [1.54, 1.807) is 0 Å². The highest BCUT2D eigenvalue weighted by Crippen LogP contribution is 2.16. The molecule has 3 nitrogen and oxygen atoms in total. The molecule has 1 aromatic rings. The molecule has 0 saturated carbocycles. The van der Waals surface area contributed by atoms with Gasteiger partial charge in [0.15, 0.2) is 0 Å². The zero-order valence-electron chi connectivity index (χ0n) is 9.16. The van der Waals surface area contributed by atoms with Crippen molar-refractivity contribution in [1.82, 2.24) is 5.32 Å². The van der Waals surface area contributed by atoms with Crippen molar-refractivity contribution in [2.75, 3.05) is 0 Å². The van der Waals surface area contributed by atoms with Gasteiger partial charge in [-0.3, -0.25) is 4.79 Å². The molecule has 0 radical (unpaired) electrons. The summed E-state index contributed by atoms with van der Waals surface area (Å²) in [5, 5.41) is 12.3. The summed E-state index contributed by atoms with van der Waals surface area (Å²) in [6, 6.07) is 7.63. The average Bonchev–Trinajstić information content (AvgIpc) is 2.26. The molecule has 1 atom stereocenters. The Bertz CT molecular complexity index is 319. The zero-order chi connectivity index (χ0) is 11.3. The molecule has 0 aromatic heterocycles. The Kier molecular flexibility index (Phi) is 4.31. The second kappa shape index (κ2) is 5.51. The quantitative estimate of drug-likeness (QED) is 0.790. The lowest BCUT2D eigenvalue weighted by Crippen LogP contribution is -2.18. The van der Waals surface area contributed by atoms with Gasteiger partial charge in [-0.15, -0.1) is 0 Å². The SMILES string of the molecule is CCC(O)c1ccc(CNC(C)=O)cc1. The summed E-state index contributed by atoms with van der Waals surface area (Å²) in [6.07, 6.45) is 0.324. The molecule has 1 aromatic carbocycles. The van der Waals surface area contributed by atoms with Crippen molar-refractivity contribution in [3.05, 3.63) is 35.4 Å². The van der Waals surface area contributed by atoms with Gasteiger partial charge < -0.3 is 10.4 Å². The third-order valence-corrected chi connectivity index (χ3v) is 2.29. The van der Waals surface area contributed by atoms with Gasteiger partial charge in [0.1, 0.15) is 0 Å². The van der Waals surface area contributed by atoms with E-state index in [1.807, 2.05) is 31.2 Å². The molecule has 0 saturated heterocycles. The van der Waals surface area contributed by atoms with Gasteiger partial charge in [-0.25, -0.2) is 0 Å². The van der Waals surface area contributed by atoms with Gasteiger partial charge in [0.25, 0.3) is 0 Å². The van der Waals surface area contributed by atoms with E-state index in [2.05, 4.69) is 5.32 Å². The van der Waals surface area contributed by atoms with Crippen LogP contribution in [0.1, 0.15) is 37.5 Å². The summed E-state index contributed by atoms with van der Waals surface area (Å²) in [7, 11) is 0. The van der Waals surface area contributed by atoms with Crippen molar-refractivity contribution in [2.45, 2.75) is 32.9 Å². The number of benzene rings is 1. The highest BCUT2D eigenvalue weighted by Gasteiger charge is 2.03. The molecule has 0 aliphatic heterocycles. The first kappa shape index (κ1) is 11.7. The minimum Gasteiger partial charge on any atom is -0.388 e. The fourth-order valence-electron chi connectivity index (χ4n) is 1.32. The van der Waals surface area contributed by atoms with Gasteiger partial charge >= 0.3 is 0 Å². The van der Waals surface area contributed by atoms with Gasteiger partial charge in [0.05, 0.1) is 6.10 Å². The molecule has 1 rings (SSSR count). The predicted octanol–water partition coefficient (Wildman–Crippen LogP) is 1.77. The van der Waals surface area contributed by atoms with Crippen molar-refractivity contribution in [2.24, 2.45) is 0 Å². The number of carbonyl (C=O) groups excluding carboxylic acids is 1. The predicted molar refractivity (Wildman–Crippen MR) is 59.2 cm³/mol. The molecule has 82 valence electrons. The smallest absolute Gasteiger partial charge is 0.217 e. The largest absolute Gasteiger partial charge is 0.388 e. The van der Waals surface area contributed by atoms with E-state index in [1.165, 1.54) is 6.92 Å². The molecular weight excluding hydrogens is 190 g/mol. The molecule has 1 amide bonds. The van der Waals surface area contributed by atoms with Crippen LogP contribution in [0.15, 0.2) is 24.3 Å². The third-order valence-electron chi connectivity index (χ3n) is 2.29. The van der Waals surface area contributed by atoms with Crippen LogP contribution in [0.2, 0.25) is 0 Å². The Labute approximate surface area is 90.1 Å². The van der Waals surface area contributed by atoms with Crippen LogP contribution in [0, 0.1) is 0 Å². The van der Waals surface area contributed by atoms with Gasteiger partial charge in [0.2, 0.25) is 5.91 Å². The van der Waals surface area contributed by atoms with Crippen molar-refractivity contribution < 1.29 is 9.90 Å². The van der Waals surface area contributed by atoms with E-state index in [-0.39, 0.29) is 12.0 Å². The van der Waals surface area contributed by atoms with Crippen molar-refractivity contribution in [1.29, 1.82) is 0 Å². The van der Waals surface area contributed by atoms with Gasteiger partial charge in [-0.05, 0) is 17.5 Å². The lowest BCUT2D eigenvalue weighted by atomic mass is 10.1. The van der Waals surface area contributed by atoms with Crippen LogP contribution in [-0.4, -0.2) is 11.0 Å². The summed E-state index contributed by atoms with van der Waals surface area (Å²) < 4.78 is 0. The number of rotatable bonds is 4. The van der Waals surface area contributed by atoms with Crippen molar-refractivity contribution in [3.8, 4) is 0 Å². The summed E-state index contributed by atoms with van der Waals surface area (Å²) in [4.78, 5) is 10.7. The maximum atomic E-state index is 10.7. The molecular formula is C12H17NO2. The number of aliphatic hydroxyl groups excluding tert-OH is 1. The van der Waals surface area contributed by atoms with E-state index >= 15 is 0 Å². The Morgan fingerprint density at radius 1 is 1.40 bits per heavy atom. The number of hydrogen-bond acceptors (Lipinski definition) is 2. The fourth-order valence-corrected chi connectivity index (χ4v) is 1.32. The molecule has 15 heavy (non-hydrogen) atoms. The summed E-state index contributed by atoms with van der Waals surface area (Å²) in [5.74, 6) is -0.0346. The second-order valence-electron chi connectivity index (χ2n) is 3.58. The first-order chi connectivity index (χ1) is 7.13. The lowest BCUT2D eigenvalue weighted by molar-refractivity contribution is -0.119. The molecule has 1 unspecified atom stereocenters. The molecule has 0 fully saturated rings. The molecule has 0 spiro atoms. The Morgan fingerprint density at radius 3 is 2.47 bits per heavy atom. The summed E-state index contributed by atoms with van der Waals surface area (Å²) in [6.45, 7) is 3.98. The maximum Gasteiger partial charge on any atom is 0.217 e. The van der Waals surface area contributed by atoms with E-state index in [9.17, 15) is 9.90 Å². The number of aliphatic hydroxyl groups is 1. The first-order valence-electron chi connectivity index (χ1n) is 5.14. The van der Waals surface area contributed by atoms with Crippen LogP contribution in [0.5, 0.6) is 0 Å². The monoisotopic (exact) mass is 207 g/mol. The molecule has 0 heterocycles. The number of nitrogens with one attached hydrogen (secondary N) is 1.